The van der Waals surface area contributed by atoms with E-state index in [0.29, 0.717) is 43.2 Å². The second kappa shape index (κ2) is 9.90. The lowest BCUT2D eigenvalue weighted by Crippen LogP contribution is -2.43. The van der Waals surface area contributed by atoms with E-state index in [-0.39, 0.29) is 17.8 Å². The molecule has 5 nitrogen and oxygen atoms in total. The molecule has 0 bridgehead atoms. The highest BCUT2D eigenvalue weighted by Crippen LogP contribution is 2.29. The number of carbonyl (C=O) groups excluding carboxylic acids is 2. The molecule has 1 atom stereocenters. The fraction of sp³-hybridized carbons (Fsp3) is 0.391. The Morgan fingerprint density at radius 3 is 2.48 bits per heavy atom. The Kier molecular flexibility index (Phi) is 7.29. The number of aryl methyl sites for hydroxylation is 1. The van der Waals surface area contributed by atoms with E-state index < -0.39 is 6.04 Å². The van der Waals surface area contributed by atoms with Crippen LogP contribution in [0.3, 0.4) is 0 Å². The van der Waals surface area contributed by atoms with Crippen LogP contribution in [0.15, 0.2) is 48.5 Å². The molecule has 3 rings (SSSR count). The molecule has 0 saturated carbocycles. The van der Waals surface area contributed by atoms with Crippen molar-refractivity contribution < 1.29 is 14.3 Å². The number of anilines is 1. The Labute approximate surface area is 177 Å². The lowest BCUT2D eigenvalue weighted by molar-refractivity contribution is -0.149. The van der Waals surface area contributed by atoms with Gasteiger partial charge in [0.15, 0.2) is 0 Å². The number of likely N-dealkylation sites (tertiary alicyclic amines) is 1. The first-order valence-corrected chi connectivity index (χ1v) is 10.4. The van der Waals surface area contributed by atoms with Crippen LogP contribution in [0.1, 0.15) is 36.9 Å². The largest absolute Gasteiger partial charge is 0.466 e. The van der Waals surface area contributed by atoms with Gasteiger partial charge in [0.1, 0.15) is 6.04 Å². The smallest absolute Gasteiger partial charge is 0.309 e. The van der Waals surface area contributed by atoms with E-state index in [0.717, 1.165) is 11.1 Å². The molecule has 2 aromatic carbocycles. The molecule has 1 N–H and O–H groups in total. The Morgan fingerprint density at radius 1 is 1.17 bits per heavy atom. The average Bonchev–Trinajstić information content (AvgIpc) is 2.72. The minimum Gasteiger partial charge on any atom is -0.466 e. The lowest BCUT2D eigenvalue weighted by atomic mass is 9.94. The molecule has 1 aliphatic rings. The van der Waals surface area contributed by atoms with E-state index in [9.17, 15) is 9.59 Å². The highest BCUT2D eigenvalue weighted by atomic mass is 35.5. The van der Waals surface area contributed by atoms with Crippen molar-refractivity contribution in [3.8, 4) is 0 Å². The van der Waals surface area contributed by atoms with Gasteiger partial charge in [-0.1, -0.05) is 48.0 Å². The van der Waals surface area contributed by atoms with Crippen LogP contribution in [0.25, 0.3) is 0 Å². The van der Waals surface area contributed by atoms with Gasteiger partial charge in [0.2, 0.25) is 5.91 Å². The molecule has 1 amide bonds. The third-order valence-corrected chi connectivity index (χ3v) is 5.72. The summed E-state index contributed by atoms with van der Waals surface area (Å²) in [7, 11) is 0. The maximum absolute atomic E-state index is 13.2. The van der Waals surface area contributed by atoms with E-state index >= 15 is 0 Å². The van der Waals surface area contributed by atoms with Gasteiger partial charge in [-0.2, -0.15) is 0 Å². The van der Waals surface area contributed by atoms with Gasteiger partial charge in [0.25, 0.3) is 0 Å². The van der Waals surface area contributed by atoms with Gasteiger partial charge in [0.05, 0.1) is 12.5 Å². The first-order chi connectivity index (χ1) is 14.0. The summed E-state index contributed by atoms with van der Waals surface area (Å²) >= 11 is 6.21. The SMILES string of the molecule is CCOC(=O)C1CCN([C@H](C(=O)Nc2ccc(C)c(Cl)c2)c2ccccc2)CC1. The molecule has 1 saturated heterocycles. The number of nitrogens with zero attached hydrogens (tertiary/aromatic N) is 1. The number of carbonyl (C=O) groups is 2. The number of benzene rings is 2. The van der Waals surface area contributed by atoms with Crippen molar-refractivity contribution in [1.82, 2.24) is 4.90 Å². The van der Waals surface area contributed by atoms with Crippen molar-refractivity contribution in [3.05, 3.63) is 64.7 Å². The van der Waals surface area contributed by atoms with Crippen molar-refractivity contribution in [2.75, 3.05) is 25.0 Å². The topological polar surface area (TPSA) is 58.6 Å². The van der Waals surface area contributed by atoms with Gasteiger partial charge in [0, 0.05) is 23.8 Å². The number of nitrogens with one attached hydrogen (secondary N) is 1. The van der Waals surface area contributed by atoms with Crippen molar-refractivity contribution >= 4 is 29.2 Å². The maximum Gasteiger partial charge on any atom is 0.309 e. The van der Waals surface area contributed by atoms with Gasteiger partial charge in [-0.3, -0.25) is 14.5 Å². The summed E-state index contributed by atoms with van der Waals surface area (Å²) in [5.74, 6) is -0.338. The molecule has 1 heterocycles. The molecule has 2 aromatic rings. The molecule has 154 valence electrons. The molecular formula is C23H27ClN2O3. The Bertz CT molecular complexity index is 848. The second-order valence-corrected chi connectivity index (χ2v) is 7.74. The van der Waals surface area contributed by atoms with Crippen LogP contribution in [-0.4, -0.2) is 36.5 Å². The predicted octanol–water partition coefficient (Wildman–Crippen LogP) is 4.60. The molecule has 0 spiro atoms. The maximum atomic E-state index is 13.2. The Balaban J connectivity index is 1.76. The van der Waals surface area contributed by atoms with E-state index in [1.165, 1.54) is 0 Å². The number of esters is 1. The number of halogens is 1. The van der Waals surface area contributed by atoms with E-state index in [1.807, 2.05) is 56.3 Å². The first-order valence-electron chi connectivity index (χ1n) is 10.0. The average molecular weight is 415 g/mol. The minimum atomic E-state index is -0.431. The number of hydrogen-bond donors (Lipinski definition) is 1. The van der Waals surface area contributed by atoms with Crippen molar-refractivity contribution in [2.24, 2.45) is 5.92 Å². The second-order valence-electron chi connectivity index (χ2n) is 7.33. The van der Waals surface area contributed by atoms with E-state index in [2.05, 4.69) is 10.2 Å². The summed E-state index contributed by atoms with van der Waals surface area (Å²) in [5, 5.41) is 3.62. The summed E-state index contributed by atoms with van der Waals surface area (Å²) in [6, 6.07) is 14.8. The molecular weight excluding hydrogens is 388 g/mol. The van der Waals surface area contributed by atoms with E-state index in [4.69, 9.17) is 16.3 Å². The molecule has 0 aliphatic carbocycles. The molecule has 0 unspecified atom stereocenters. The minimum absolute atomic E-state index is 0.0958. The van der Waals surface area contributed by atoms with Gasteiger partial charge in [-0.25, -0.2) is 0 Å². The number of hydrogen-bond acceptors (Lipinski definition) is 4. The third kappa shape index (κ3) is 5.37. The fourth-order valence-electron chi connectivity index (χ4n) is 3.70. The van der Waals surface area contributed by atoms with Crippen molar-refractivity contribution in [3.63, 3.8) is 0 Å². The van der Waals surface area contributed by atoms with Crippen LogP contribution in [-0.2, 0) is 14.3 Å². The van der Waals surface area contributed by atoms with Gasteiger partial charge in [-0.05, 0) is 49.9 Å². The van der Waals surface area contributed by atoms with Crippen LogP contribution < -0.4 is 5.32 Å². The fourth-order valence-corrected chi connectivity index (χ4v) is 3.88. The Morgan fingerprint density at radius 2 is 1.86 bits per heavy atom. The van der Waals surface area contributed by atoms with Crippen LogP contribution in [0.5, 0.6) is 0 Å². The molecule has 1 fully saturated rings. The van der Waals surface area contributed by atoms with Crippen molar-refractivity contribution in [1.29, 1.82) is 0 Å². The monoisotopic (exact) mass is 414 g/mol. The molecule has 0 aromatic heterocycles. The molecule has 29 heavy (non-hydrogen) atoms. The van der Waals surface area contributed by atoms with Crippen LogP contribution >= 0.6 is 11.6 Å². The standard InChI is InChI=1S/C23H27ClN2O3/c1-3-29-23(28)18-11-13-26(14-12-18)21(17-7-5-4-6-8-17)22(27)25-19-10-9-16(2)20(24)15-19/h4-10,15,18,21H,3,11-14H2,1-2H3,(H,25,27)/t21-/m0/s1. The van der Waals surface area contributed by atoms with Gasteiger partial charge in [-0.15, -0.1) is 0 Å². The molecule has 6 heteroatoms. The zero-order valence-electron chi connectivity index (χ0n) is 16.9. The lowest BCUT2D eigenvalue weighted by Gasteiger charge is -2.36. The zero-order valence-corrected chi connectivity index (χ0v) is 17.6. The Hall–Kier alpha value is -2.37. The zero-order chi connectivity index (χ0) is 20.8. The third-order valence-electron chi connectivity index (χ3n) is 5.32. The first kappa shape index (κ1) is 21.3. The summed E-state index contributed by atoms with van der Waals surface area (Å²) in [4.78, 5) is 27.4. The number of rotatable bonds is 6. The summed E-state index contributed by atoms with van der Waals surface area (Å²) in [5.41, 5.74) is 2.57. The van der Waals surface area contributed by atoms with Crippen LogP contribution in [0.2, 0.25) is 5.02 Å². The summed E-state index contributed by atoms with van der Waals surface area (Å²) in [6.45, 7) is 5.46. The summed E-state index contributed by atoms with van der Waals surface area (Å²) in [6.07, 6.45) is 1.37. The quantitative estimate of drug-likeness (QED) is 0.701. The van der Waals surface area contributed by atoms with Crippen LogP contribution in [0, 0.1) is 12.8 Å². The molecule has 0 radical (unpaired) electrons. The normalized spacial score (nSPS) is 16.2. The van der Waals surface area contributed by atoms with Crippen LogP contribution in [0.4, 0.5) is 5.69 Å². The van der Waals surface area contributed by atoms with Gasteiger partial charge < -0.3 is 10.1 Å². The predicted molar refractivity (Wildman–Crippen MR) is 115 cm³/mol. The highest BCUT2D eigenvalue weighted by Gasteiger charge is 2.33. The number of ether oxygens (including phenoxy) is 1. The van der Waals surface area contributed by atoms with Gasteiger partial charge >= 0.3 is 5.97 Å². The molecule has 1 aliphatic heterocycles. The highest BCUT2D eigenvalue weighted by molar-refractivity contribution is 6.31. The number of piperidine rings is 1. The van der Waals surface area contributed by atoms with Crippen molar-refractivity contribution in [2.45, 2.75) is 32.7 Å². The summed E-state index contributed by atoms with van der Waals surface area (Å²) < 4.78 is 5.16. The van der Waals surface area contributed by atoms with E-state index in [1.54, 1.807) is 6.07 Å². The number of amides is 1.